The average Bonchev–Trinajstić information content (AvgIpc) is 2.08. The van der Waals surface area contributed by atoms with Crippen LogP contribution < -0.4 is 4.65 Å². The first-order valence-electron chi connectivity index (χ1n) is 3.41. The first-order valence-corrected chi connectivity index (χ1v) is 3.78. The van der Waals surface area contributed by atoms with Gasteiger partial charge >= 0.3 is 7.69 Å². The molecule has 1 aromatic rings. The van der Waals surface area contributed by atoms with E-state index in [2.05, 4.69) is 0 Å². The Morgan fingerprint density at radius 1 is 1.50 bits per heavy atom. The van der Waals surface area contributed by atoms with Gasteiger partial charge < -0.3 is 14.8 Å². The second-order valence-electron chi connectivity index (χ2n) is 2.18. The molecular formula is C7H8BClO3. The zero-order valence-electron chi connectivity index (χ0n) is 6.33. The van der Waals surface area contributed by atoms with E-state index in [1.54, 1.807) is 18.2 Å². The summed E-state index contributed by atoms with van der Waals surface area (Å²) in [7, 11) is -0.408. The van der Waals surface area contributed by atoms with Gasteiger partial charge in [-0.2, -0.15) is 0 Å². The summed E-state index contributed by atoms with van der Waals surface area (Å²) >= 11 is 5.67. The summed E-state index contributed by atoms with van der Waals surface area (Å²) in [6.07, 6.45) is 0. The summed E-state index contributed by atoms with van der Waals surface area (Å²) in [6.45, 7) is -0.157. The lowest BCUT2D eigenvalue weighted by atomic mass is 10.2. The topological polar surface area (TPSA) is 49.7 Å². The summed E-state index contributed by atoms with van der Waals surface area (Å²) in [5.74, 6) is 0.449. The molecule has 0 radical (unpaired) electrons. The van der Waals surface area contributed by atoms with E-state index in [0.717, 1.165) is 0 Å². The van der Waals surface area contributed by atoms with Crippen molar-refractivity contribution >= 4 is 19.3 Å². The molecule has 5 heteroatoms. The highest BCUT2D eigenvalue weighted by atomic mass is 35.5. The van der Waals surface area contributed by atoms with Crippen molar-refractivity contribution in [3.8, 4) is 5.75 Å². The molecule has 0 unspecified atom stereocenters. The molecule has 0 aliphatic rings. The fraction of sp³-hybridized carbons (Fsp3) is 0.143. The van der Waals surface area contributed by atoms with Gasteiger partial charge in [0.15, 0.2) is 0 Å². The third-order valence-corrected chi connectivity index (χ3v) is 1.65. The number of halogens is 1. The molecule has 0 bridgehead atoms. The van der Waals surface area contributed by atoms with Crippen LogP contribution in [-0.2, 0) is 6.61 Å². The number of aliphatic hydroxyl groups excluding tert-OH is 1. The summed E-state index contributed by atoms with van der Waals surface area (Å²) in [5.41, 5.74) is 0.566. The Labute approximate surface area is 75.9 Å². The molecule has 0 atom stereocenters. The van der Waals surface area contributed by atoms with Gasteiger partial charge in [-0.1, -0.05) is 11.6 Å². The fourth-order valence-corrected chi connectivity index (χ4v) is 1.08. The molecule has 1 aromatic carbocycles. The second kappa shape index (κ2) is 4.35. The van der Waals surface area contributed by atoms with Crippen molar-refractivity contribution in [3.05, 3.63) is 28.8 Å². The maximum absolute atomic E-state index is 8.85. The number of hydrogen-bond donors (Lipinski definition) is 2. The number of hydrogen-bond acceptors (Lipinski definition) is 3. The van der Waals surface area contributed by atoms with Gasteiger partial charge in [0.05, 0.1) is 6.61 Å². The van der Waals surface area contributed by atoms with Crippen LogP contribution in [0, 0.1) is 0 Å². The highest BCUT2D eigenvalue weighted by Gasteiger charge is 2.02. The summed E-state index contributed by atoms with van der Waals surface area (Å²) in [6, 6.07) is 4.82. The van der Waals surface area contributed by atoms with E-state index in [4.69, 9.17) is 26.4 Å². The maximum Gasteiger partial charge on any atom is 0.504 e. The van der Waals surface area contributed by atoms with E-state index in [1.165, 1.54) is 0 Å². The van der Waals surface area contributed by atoms with E-state index in [9.17, 15) is 0 Å². The summed E-state index contributed by atoms with van der Waals surface area (Å²) in [4.78, 5) is 0. The summed E-state index contributed by atoms with van der Waals surface area (Å²) < 4.78 is 4.82. The number of benzene rings is 1. The predicted octanol–water partition coefficient (Wildman–Crippen LogP) is 0.470. The van der Waals surface area contributed by atoms with Crippen molar-refractivity contribution in [2.75, 3.05) is 0 Å². The first-order chi connectivity index (χ1) is 5.77. The van der Waals surface area contributed by atoms with Crippen LogP contribution in [0.15, 0.2) is 18.2 Å². The van der Waals surface area contributed by atoms with E-state index in [0.29, 0.717) is 16.3 Å². The van der Waals surface area contributed by atoms with E-state index in [1.807, 2.05) is 0 Å². The molecule has 0 aliphatic heterocycles. The monoisotopic (exact) mass is 186 g/mol. The lowest BCUT2D eigenvalue weighted by molar-refractivity contribution is 0.277. The van der Waals surface area contributed by atoms with Gasteiger partial charge in [0.2, 0.25) is 0 Å². The summed E-state index contributed by atoms with van der Waals surface area (Å²) in [5, 5.41) is 17.9. The highest BCUT2D eigenvalue weighted by molar-refractivity contribution is 6.30. The minimum Gasteiger partial charge on any atom is -0.539 e. The van der Waals surface area contributed by atoms with Crippen molar-refractivity contribution in [3.63, 3.8) is 0 Å². The average molecular weight is 186 g/mol. The van der Waals surface area contributed by atoms with Crippen LogP contribution in [-0.4, -0.2) is 17.8 Å². The molecule has 0 amide bonds. The van der Waals surface area contributed by atoms with E-state index < -0.39 is 7.69 Å². The Hall–Kier alpha value is -0.705. The smallest absolute Gasteiger partial charge is 0.504 e. The van der Waals surface area contributed by atoms with Crippen molar-refractivity contribution in [2.24, 2.45) is 0 Å². The lowest BCUT2D eigenvalue weighted by Crippen LogP contribution is -2.02. The third kappa shape index (κ3) is 2.14. The zero-order valence-corrected chi connectivity index (χ0v) is 7.08. The van der Waals surface area contributed by atoms with Gasteiger partial charge in [-0.15, -0.1) is 0 Å². The van der Waals surface area contributed by atoms with Crippen molar-refractivity contribution in [1.82, 2.24) is 0 Å². The second-order valence-corrected chi connectivity index (χ2v) is 2.62. The quantitative estimate of drug-likeness (QED) is 0.675. The van der Waals surface area contributed by atoms with Crippen molar-refractivity contribution in [2.45, 2.75) is 6.61 Å². The SMILES string of the molecule is OBOc1ccc(Cl)cc1CO. The van der Waals surface area contributed by atoms with Gasteiger partial charge in [0, 0.05) is 10.6 Å². The van der Waals surface area contributed by atoms with Gasteiger partial charge in [0.25, 0.3) is 0 Å². The van der Waals surface area contributed by atoms with Crippen LogP contribution in [0.5, 0.6) is 5.75 Å². The van der Waals surface area contributed by atoms with Crippen LogP contribution in [0.2, 0.25) is 5.02 Å². The molecule has 0 heterocycles. The normalized spacial score (nSPS) is 9.58. The van der Waals surface area contributed by atoms with Crippen LogP contribution in [0.1, 0.15) is 5.56 Å². The molecule has 3 nitrogen and oxygen atoms in total. The zero-order chi connectivity index (χ0) is 8.97. The lowest BCUT2D eigenvalue weighted by Gasteiger charge is -2.07. The molecule has 0 saturated carbocycles. The Morgan fingerprint density at radius 2 is 2.25 bits per heavy atom. The Kier molecular flexibility index (Phi) is 3.40. The van der Waals surface area contributed by atoms with Crippen molar-refractivity contribution in [1.29, 1.82) is 0 Å². The largest absolute Gasteiger partial charge is 0.539 e. The van der Waals surface area contributed by atoms with Gasteiger partial charge in [-0.3, -0.25) is 0 Å². The minimum atomic E-state index is -0.408. The highest BCUT2D eigenvalue weighted by Crippen LogP contribution is 2.22. The molecule has 0 aromatic heterocycles. The molecule has 2 N–H and O–H groups in total. The molecule has 1 rings (SSSR count). The Balaban J connectivity index is 2.94. The third-order valence-electron chi connectivity index (χ3n) is 1.41. The fourth-order valence-electron chi connectivity index (χ4n) is 0.882. The van der Waals surface area contributed by atoms with Crippen LogP contribution in [0.3, 0.4) is 0 Å². The standard InChI is InChI=1S/C7H8BClO3/c9-6-1-2-7(12-8-11)5(3-6)4-10/h1-3,8,10-11H,4H2. The van der Waals surface area contributed by atoms with Gasteiger partial charge in [-0.25, -0.2) is 0 Å². The number of aliphatic hydroxyl groups is 1. The van der Waals surface area contributed by atoms with Crippen LogP contribution >= 0.6 is 11.6 Å². The molecular weight excluding hydrogens is 178 g/mol. The first kappa shape index (κ1) is 9.38. The molecule has 12 heavy (non-hydrogen) atoms. The molecule has 0 fully saturated rings. The number of rotatable bonds is 3. The van der Waals surface area contributed by atoms with Crippen LogP contribution in [0.25, 0.3) is 0 Å². The minimum absolute atomic E-state index is 0.157. The molecule has 64 valence electrons. The molecule has 0 saturated heterocycles. The Bertz CT molecular complexity index is 267. The van der Waals surface area contributed by atoms with Crippen molar-refractivity contribution < 1.29 is 14.8 Å². The van der Waals surface area contributed by atoms with Gasteiger partial charge in [-0.05, 0) is 18.2 Å². The molecule has 0 spiro atoms. The van der Waals surface area contributed by atoms with Crippen LogP contribution in [0.4, 0.5) is 0 Å². The van der Waals surface area contributed by atoms with Gasteiger partial charge in [0.1, 0.15) is 5.75 Å². The van der Waals surface area contributed by atoms with E-state index in [-0.39, 0.29) is 6.61 Å². The van der Waals surface area contributed by atoms with E-state index >= 15 is 0 Å². The predicted molar refractivity (Wildman–Crippen MR) is 47.4 cm³/mol. The maximum atomic E-state index is 8.85. The molecule has 0 aliphatic carbocycles. The Morgan fingerprint density at radius 3 is 2.83 bits per heavy atom.